The number of rotatable bonds is 8. The first-order chi connectivity index (χ1) is 9.70. The molecule has 5 nitrogen and oxygen atoms in total. The largest absolute Gasteiger partial charge is 0.380 e. The summed E-state index contributed by atoms with van der Waals surface area (Å²) in [5.41, 5.74) is 0. The Morgan fingerprint density at radius 3 is 2.90 bits per heavy atom. The zero-order valence-electron chi connectivity index (χ0n) is 12.3. The molecule has 0 atom stereocenters. The molecule has 0 spiro atoms. The number of hydrogen-bond donors (Lipinski definition) is 2. The Balaban J connectivity index is 1.87. The van der Waals surface area contributed by atoms with Gasteiger partial charge in [0.15, 0.2) is 0 Å². The minimum Gasteiger partial charge on any atom is -0.380 e. The van der Waals surface area contributed by atoms with Gasteiger partial charge in [-0.2, -0.15) is 4.98 Å². The Morgan fingerprint density at radius 1 is 1.30 bits per heavy atom. The second kappa shape index (κ2) is 7.40. The van der Waals surface area contributed by atoms with Crippen molar-refractivity contribution in [2.75, 3.05) is 37.4 Å². The molecular formula is C14H22N4OS. The van der Waals surface area contributed by atoms with Crippen LogP contribution in [0.2, 0.25) is 0 Å². The Bertz CT molecular complexity index is 541. The van der Waals surface area contributed by atoms with Gasteiger partial charge in [-0.25, -0.2) is 4.98 Å². The molecular weight excluding hydrogens is 272 g/mol. The van der Waals surface area contributed by atoms with E-state index in [4.69, 9.17) is 4.74 Å². The summed E-state index contributed by atoms with van der Waals surface area (Å²) in [6.07, 6.45) is 1.10. The lowest BCUT2D eigenvalue weighted by Gasteiger charge is -2.09. The molecule has 0 saturated carbocycles. The molecule has 0 amide bonds. The fourth-order valence-electron chi connectivity index (χ4n) is 1.76. The topological polar surface area (TPSA) is 59.1 Å². The predicted molar refractivity (Wildman–Crippen MR) is 85.7 cm³/mol. The molecule has 0 aliphatic carbocycles. The van der Waals surface area contributed by atoms with Crippen molar-refractivity contribution in [3.8, 4) is 0 Å². The van der Waals surface area contributed by atoms with Gasteiger partial charge in [0, 0.05) is 20.2 Å². The molecule has 0 aliphatic rings. The average molecular weight is 294 g/mol. The third-order valence-corrected chi connectivity index (χ3v) is 3.73. The first-order valence-electron chi connectivity index (χ1n) is 6.95. The molecule has 0 aliphatic heterocycles. The van der Waals surface area contributed by atoms with E-state index in [0.29, 0.717) is 18.5 Å². The van der Waals surface area contributed by atoms with Crippen molar-refractivity contribution >= 4 is 33.3 Å². The maximum Gasteiger partial charge on any atom is 0.225 e. The van der Waals surface area contributed by atoms with E-state index >= 15 is 0 Å². The highest BCUT2D eigenvalue weighted by Crippen LogP contribution is 2.26. The lowest BCUT2D eigenvalue weighted by Crippen LogP contribution is -2.12. The molecule has 2 aromatic rings. The highest BCUT2D eigenvalue weighted by Gasteiger charge is 2.07. The van der Waals surface area contributed by atoms with Crippen molar-refractivity contribution in [2.24, 2.45) is 5.92 Å². The lowest BCUT2D eigenvalue weighted by atomic mass is 10.1. The highest BCUT2D eigenvalue weighted by atomic mass is 32.1. The van der Waals surface area contributed by atoms with E-state index in [2.05, 4.69) is 34.4 Å². The summed E-state index contributed by atoms with van der Waals surface area (Å²) < 4.78 is 5.60. The molecule has 0 fully saturated rings. The van der Waals surface area contributed by atoms with Crippen LogP contribution in [0.15, 0.2) is 11.4 Å². The van der Waals surface area contributed by atoms with Gasteiger partial charge in [0.1, 0.15) is 10.6 Å². The van der Waals surface area contributed by atoms with Gasteiger partial charge in [0.05, 0.1) is 12.0 Å². The predicted octanol–water partition coefficient (Wildman–Crippen LogP) is 3.21. The number of hydrogen-bond acceptors (Lipinski definition) is 6. The Labute approximate surface area is 123 Å². The molecule has 0 radical (unpaired) electrons. The van der Waals surface area contributed by atoms with Crippen molar-refractivity contribution in [1.29, 1.82) is 0 Å². The molecule has 0 saturated heterocycles. The lowest BCUT2D eigenvalue weighted by molar-refractivity contribution is 0.132. The summed E-state index contributed by atoms with van der Waals surface area (Å²) in [5.74, 6) is 2.20. The van der Waals surface area contributed by atoms with Gasteiger partial charge < -0.3 is 15.4 Å². The second-order valence-corrected chi connectivity index (χ2v) is 5.90. The first-order valence-corrected chi connectivity index (χ1v) is 7.83. The monoisotopic (exact) mass is 294 g/mol. The van der Waals surface area contributed by atoms with Gasteiger partial charge in [-0.05, 0) is 23.8 Å². The van der Waals surface area contributed by atoms with Crippen molar-refractivity contribution in [2.45, 2.75) is 20.3 Å². The highest BCUT2D eigenvalue weighted by molar-refractivity contribution is 7.16. The van der Waals surface area contributed by atoms with Crippen molar-refractivity contribution in [1.82, 2.24) is 9.97 Å². The molecule has 2 heterocycles. The fraction of sp³-hybridized carbons (Fsp3) is 0.571. The average Bonchev–Trinajstić information content (AvgIpc) is 2.90. The minimum absolute atomic E-state index is 0.642. The van der Waals surface area contributed by atoms with Crippen LogP contribution < -0.4 is 10.6 Å². The molecule has 0 aromatic carbocycles. The summed E-state index contributed by atoms with van der Waals surface area (Å²) in [5, 5.41) is 9.41. The Kier molecular flexibility index (Phi) is 5.55. The van der Waals surface area contributed by atoms with Gasteiger partial charge in [-0.3, -0.25) is 0 Å². The van der Waals surface area contributed by atoms with E-state index in [1.807, 2.05) is 18.5 Å². The van der Waals surface area contributed by atoms with Gasteiger partial charge in [-0.1, -0.05) is 13.8 Å². The number of anilines is 2. The number of fused-ring (bicyclic) bond motifs is 1. The number of thiophene rings is 1. The number of ether oxygens (including phenoxy) is 1. The SMILES string of the molecule is CNc1nc(NCCOCCC(C)C)c2ccsc2n1. The maximum absolute atomic E-state index is 5.60. The normalized spacial score (nSPS) is 11.2. The smallest absolute Gasteiger partial charge is 0.225 e. The fourth-order valence-corrected chi connectivity index (χ4v) is 2.53. The summed E-state index contributed by atoms with van der Waals surface area (Å²) in [7, 11) is 1.83. The van der Waals surface area contributed by atoms with Crippen LogP contribution in [0.3, 0.4) is 0 Å². The summed E-state index contributed by atoms with van der Waals surface area (Å²) >= 11 is 1.62. The van der Waals surface area contributed by atoms with E-state index in [9.17, 15) is 0 Å². The van der Waals surface area contributed by atoms with Crippen LogP contribution in [0.25, 0.3) is 10.2 Å². The zero-order chi connectivity index (χ0) is 14.4. The van der Waals surface area contributed by atoms with Crippen LogP contribution >= 0.6 is 11.3 Å². The van der Waals surface area contributed by atoms with Crippen molar-refractivity contribution < 1.29 is 4.74 Å². The number of aromatic nitrogens is 2. The van der Waals surface area contributed by atoms with Crippen LogP contribution in [0.5, 0.6) is 0 Å². The van der Waals surface area contributed by atoms with E-state index < -0.39 is 0 Å². The third-order valence-electron chi connectivity index (χ3n) is 2.93. The van der Waals surface area contributed by atoms with E-state index in [-0.39, 0.29) is 0 Å². The van der Waals surface area contributed by atoms with Gasteiger partial charge in [0.2, 0.25) is 5.95 Å². The van der Waals surface area contributed by atoms with Crippen LogP contribution in [0.1, 0.15) is 20.3 Å². The first kappa shape index (κ1) is 15.0. The third kappa shape index (κ3) is 4.05. The number of nitrogens with zero attached hydrogens (tertiary/aromatic N) is 2. The van der Waals surface area contributed by atoms with Gasteiger partial charge >= 0.3 is 0 Å². The number of nitrogens with one attached hydrogen (secondary N) is 2. The van der Waals surface area contributed by atoms with Crippen LogP contribution in [0.4, 0.5) is 11.8 Å². The molecule has 2 aromatic heterocycles. The van der Waals surface area contributed by atoms with E-state index in [1.54, 1.807) is 11.3 Å². The van der Waals surface area contributed by atoms with Crippen LogP contribution in [-0.2, 0) is 4.74 Å². The standard InChI is InChI=1S/C14H22N4OS/c1-10(2)4-7-19-8-6-16-12-11-5-9-20-13(11)18-14(15-3)17-12/h5,9-10H,4,6-8H2,1-3H3,(H2,15,16,17,18). The summed E-state index contributed by atoms with van der Waals surface area (Å²) in [4.78, 5) is 9.87. The van der Waals surface area contributed by atoms with Crippen LogP contribution in [-0.4, -0.2) is 36.8 Å². The molecule has 2 N–H and O–H groups in total. The summed E-state index contributed by atoms with van der Waals surface area (Å²) in [6, 6.07) is 2.04. The van der Waals surface area contributed by atoms with Gasteiger partial charge in [0.25, 0.3) is 0 Å². The molecule has 0 unspecified atom stereocenters. The maximum atomic E-state index is 5.60. The van der Waals surface area contributed by atoms with Crippen LogP contribution in [0, 0.1) is 5.92 Å². The van der Waals surface area contributed by atoms with Gasteiger partial charge in [-0.15, -0.1) is 11.3 Å². The molecule has 6 heteroatoms. The van der Waals surface area contributed by atoms with Crippen molar-refractivity contribution in [3.63, 3.8) is 0 Å². The molecule has 0 bridgehead atoms. The molecule has 110 valence electrons. The second-order valence-electron chi connectivity index (χ2n) is 5.01. The Morgan fingerprint density at radius 2 is 2.15 bits per heavy atom. The van der Waals surface area contributed by atoms with E-state index in [1.165, 1.54) is 0 Å². The summed E-state index contributed by atoms with van der Waals surface area (Å²) in [6.45, 7) is 6.67. The zero-order valence-corrected chi connectivity index (χ0v) is 13.1. The molecule has 2 rings (SSSR count). The Hall–Kier alpha value is -1.40. The van der Waals surface area contributed by atoms with E-state index in [0.717, 1.165) is 35.6 Å². The minimum atomic E-state index is 0.642. The quantitative estimate of drug-likeness (QED) is 0.732. The molecule has 20 heavy (non-hydrogen) atoms. The van der Waals surface area contributed by atoms with Crippen molar-refractivity contribution in [3.05, 3.63) is 11.4 Å².